The number of rotatable bonds is 2. The molecule has 1 aromatic carbocycles. The first-order chi connectivity index (χ1) is 13.4. The van der Waals surface area contributed by atoms with Gasteiger partial charge in [0, 0.05) is 12.0 Å². The van der Waals surface area contributed by atoms with Crippen LogP contribution in [0, 0.1) is 12.0 Å². The van der Waals surface area contributed by atoms with E-state index in [2.05, 4.69) is 15.0 Å². The molecule has 1 atom stereocenters. The van der Waals surface area contributed by atoms with Crippen LogP contribution in [0.5, 0.6) is 0 Å². The summed E-state index contributed by atoms with van der Waals surface area (Å²) in [6.07, 6.45) is 6.54. The first kappa shape index (κ1) is 17.8. The average molecular weight is 370 g/mol. The Kier molecular flexibility index (Phi) is 3.97. The van der Waals surface area contributed by atoms with Crippen LogP contribution in [0.3, 0.4) is 0 Å². The van der Waals surface area contributed by atoms with Crippen molar-refractivity contribution in [3.8, 4) is 0 Å². The highest BCUT2D eigenvalue weighted by atomic mass is 16.2. The molecule has 0 saturated heterocycles. The Labute approximate surface area is 163 Å². The number of ketones is 1. The van der Waals surface area contributed by atoms with E-state index >= 15 is 0 Å². The maximum absolute atomic E-state index is 13.9. The van der Waals surface area contributed by atoms with Gasteiger partial charge in [-0.1, -0.05) is 56.3 Å². The summed E-state index contributed by atoms with van der Waals surface area (Å²) < 4.78 is 0. The van der Waals surface area contributed by atoms with Crippen LogP contribution in [-0.2, 0) is 15.0 Å². The maximum atomic E-state index is 13.9. The smallest absolute Gasteiger partial charge is 0.244 e. The predicted octanol–water partition coefficient (Wildman–Crippen LogP) is 3.10. The summed E-state index contributed by atoms with van der Waals surface area (Å²) in [6.45, 7) is 11.4. The molecule has 0 unspecified atom stereocenters. The molecule has 0 saturated carbocycles. The van der Waals surface area contributed by atoms with Gasteiger partial charge in [0.2, 0.25) is 11.6 Å². The number of amides is 1. The predicted molar refractivity (Wildman–Crippen MR) is 104 cm³/mol. The third-order valence-corrected chi connectivity index (χ3v) is 5.54. The van der Waals surface area contributed by atoms with Gasteiger partial charge in [-0.15, -0.1) is 0 Å². The minimum atomic E-state index is -1.21. The van der Waals surface area contributed by atoms with Gasteiger partial charge < -0.3 is 9.69 Å². The second kappa shape index (κ2) is 6.24. The number of benzene rings is 1. The first-order valence-corrected chi connectivity index (χ1v) is 8.93. The van der Waals surface area contributed by atoms with Crippen molar-refractivity contribution in [1.82, 2.24) is 10.2 Å². The summed E-state index contributed by atoms with van der Waals surface area (Å²) in [7, 11) is 0. The van der Waals surface area contributed by atoms with Crippen LogP contribution < -0.4 is 4.90 Å². The second-order valence-electron chi connectivity index (χ2n) is 7.40. The standard InChI is InChI=1S/C22H18N4O2/c1-21(2)18-10-12-26(16-9-11-24-25-14-16)20(28)22(18,13-17(23-3)19(21)27)15-7-5-4-6-8-15/h4-11,13-14H,12H2,1-2H3/t22-/m0/s1. The lowest BCUT2D eigenvalue weighted by atomic mass is 9.57. The summed E-state index contributed by atoms with van der Waals surface area (Å²) in [5, 5.41) is 7.66. The molecule has 6 nitrogen and oxygen atoms in total. The lowest BCUT2D eigenvalue weighted by molar-refractivity contribution is -0.125. The molecule has 138 valence electrons. The number of carbonyl (C=O) groups is 2. The lowest BCUT2D eigenvalue weighted by Crippen LogP contribution is -2.56. The number of fused-ring (bicyclic) bond motifs is 1. The number of aromatic nitrogens is 2. The molecule has 1 aliphatic carbocycles. The molecule has 28 heavy (non-hydrogen) atoms. The van der Waals surface area contributed by atoms with Gasteiger partial charge in [-0.2, -0.15) is 10.2 Å². The quantitative estimate of drug-likeness (QED) is 0.602. The van der Waals surface area contributed by atoms with Gasteiger partial charge in [-0.25, -0.2) is 4.85 Å². The summed E-state index contributed by atoms with van der Waals surface area (Å²) in [4.78, 5) is 31.9. The monoisotopic (exact) mass is 370 g/mol. The summed E-state index contributed by atoms with van der Waals surface area (Å²) in [5.41, 5.74) is -0.0957. The highest BCUT2D eigenvalue weighted by Gasteiger charge is 2.56. The third kappa shape index (κ3) is 2.33. The van der Waals surface area contributed by atoms with E-state index < -0.39 is 10.8 Å². The third-order valence-electron chi connectivity index (χ3n) is 5.54. The highest BCUT2D eigenvalue weighted by molar-refractivity contribution is 6.14. The molecule has 0 bridgehead atoms. The van der Waals surface area contributed by atoms with E-state index in [0.29, 0.717) is 17.8 Å². The van der Waals surface area contributed by atoms with Gasteiger partial charge in [0.15, 0.2) is 5.78 Å². The molecular weight excluding hydrogens is 352 g/mol. The van der Waals surface area contributed by atoms with Crippen molar-refractivity contribution in [3.05, 3.63) is 89.2 Å². The highest BCUT2D eigenvalue weighted by Crippen LogP contribution is 2.52. The molecule has 0 N–H and O–H groups in total. The Hall–Kier alpha value is -3.59. The van der Waals surface area contributed by atoms with Crippen LogP contribution in [0.15, 0.2) is 72.2 Å². The zero-order valence-corrected chi connectivity index (χ0v) is 15.6. The van der Waals surface area contributed by atoms with Gasteiger partial charge in [0.25, 0.3) is 0 Å². The molecule has 1 amide bonds. The van der Waals surface area contributed by atoms with Crippen LogP contribution in [-0.4, -0.2) is 28.4 Å². The fourth-order valence-electron chi connectivity index (χ4n) is 4.17. The van der Waals surface area contributed by atoms with Crippen LogP contribution >= 0.6 is 0 Å². The van der Waals surface area contributed by atoms with Crippen molar-refractivity contribution in [2.75, 3.05) is 11.4 Å². The van der Waals surface area contributed by atoms with E-state index in [9.17, 15) is 9.59 Å². The van der Waals surface area contributed by atoms with E-state index in [0.717, 1.165) is 5.56 Å². The van der Waals surface area contributed by atoms with Gasteiger partial charge in [0.05, 0.1) is 24.7 Å². The molecular formula is C22H18N4O2. The molecule has 0 spiro atoms. The van der Waals surface area contributed by atoms with Crippen molar-refractivity contribution >= 4 is 17.4 Å². The number of carbonyl (C=O) groups excluding carboxylic acids is 2. The molecule has 2 aliphatic rings. The Balaban J connectivity index is 2.03. The van der Waals surface area contributed by atoms with Crippen molar-refractivity contribution in [3.63, 3.8) is 0 Å². The molecule has 0 radical (unpaired) electrons. The van der Waals surface area contributed by atoms with Crippen LogP contribution in [0.2, 0.25) is 0 Å². The molecule has 1 aromatic heterocycles. The Morgan fingerprint density at radius 3 is 2.50 bits per heavy atom. The number of anilines is 1. The van der Waals surface area contributed by atoms with E-state index in [4.69, 9.17) is 6.57 Å². The van der Waals surface area contributed by atoms with Crippen molar-refractivity contribution < 1.29 is 9.59 Å². The van der Waals surface area contributed by atoms with Crippen molar-refractivity contribution in [2.45, 2.75) is 19.3 Å². The summed E-state index contributed by atoms with van der Waals surface area (Å²) in [5.74, 6) is -0.460. The van der Waals surface area contributed by atoms with E-state index in [-0.39, 0.29) is 17.4 Å². The molecule has 6 heteroatoms. The Bertz CT molecular complexity index is 1060. The maximum Gasteiger partial charge on any atom is 0.244 e. The van der Waals surface area contributed by atoms with Crippen LogP contribution in [0.25, 0.3) is 4.85 Å². The summed E-state index contributed by atoms with van der Waals surface area (Å²) in [6, 6.07) is 11.0. The Morgan fingerprint density at radius 1 is 1.11 bits per heavy atom. The van der Waals surface area contributed by atoms with Gasteiger partial charge in [-0.3, -0.25) is 4.79 Å². The van der Waals surface area contributed by atoms with Gasteiger partial charge in [0.1, 0.15) is 5.41 Å². The zero-order chi connectivity index (χ0) is 19.9. The molecule has 4 rings (SSSR count). The SMILES string of the molecule is [C-]#[N+]C1=C[C@@]2(c3ccccc3)C(=O)N(c3ccnnc3)CC=C2C(C)(C)C1=O. The minimum Gasteiger partial charge on any atom is -0.307 e. The van der Waals surface area contributed by atoms with Crippen LogP contribution in [0.4, 0.5) is 5.69 Å². The first-order valence-electron chi connectivity index (χ1n) is 8.93. The van der Waals surface area contributed by atoms with Gasteiger partial charge >= 0.3 is 0 Å². The minimum absolute atomic E-state index is 0.00550. The topological polar surface area (TPSA) is 67.5 Å². The van der Waals surface area contributed by atoms with E-state index in [1.807, 2.05) is 36.4 Å². The molecule has 0 fully saturated rings. The Morgan fingerprint density at radius 2 is 1.86 bits per heavy atom. The number of allylic oxidation sites excluding steroid dienone is 1. The van der Waals surface area contributed by atoms with Gasteiger partial charge in [-0.05, 0) is 17.2 Å². The largest absolute Gasteiger partial charge is 0.307 e. The van der Waals surface area contributed by atoms with Crippen molar-refractivity contribution in [2.24, 2.45) is 5.41 Å². The molecule has 1 aliphatic heterocycles. The fraction of sp³-hybridized carbons (Fsp3) is 0.227. The number of Topliss-reactive ketones (excluding diaryl/α,β-unsaturated/α-hetero) is 1. The summed E-state index contributed by atoms with van der Waals surface area (Å²) >= 11 is 0. The van der Waals surface area contributed by atoms with E-state index in [1.54, 1.807) is 24.8 Å². The second-order valence-corrected chi connectivity index (χ2v) is 7.40. The normalized spacial score (nSPS) is 23.4. The number of hydrogen-bond acceptors (Lipinski definition) is 4. The lowest BCUT2D eigenvalue weighted by Gasteiger charge is -2.48. The number of nitrogens with zero attached hydrogens (tertiary/aromatic N) is 4. The molecule has 2 heterocycles. The van der Waals surface area contributed by atoms with E-state index in [1.165, 1.54) is 18.5 Å². The average Bonchev–Trinajstić information content (AvgIpc) is 2.73. The van der Waals surface area contributed by atoms with Crippen molar-refractivity contribution in [1.29, 1.82) is 0 Å². The molecule has 2 aromatic rings. The zero-order valence-electron chi connectivity index (χ0n) is 15.6. The van der Waals surface area contributed by atoms with Crippen LogP contribution in [0.1, 0.15) is 19.4 Å². The number of hydrogen-bond donors (Lipinski definition) is 0. The fourth-order valence-corrected chi connectivity index (χ4v) is 4.17.